The molecule has 0 bridgehead atoms. The van der Waals surface area contributed by atoms with Crippen LogP contribution in [0.5, 0.6) is 0 Å². The lowest BCUT2D eigenvalue weighted by Crippen LogP contribution is -2.39. The van der Waals surface area contributed by atoms with E-state index in [1.165, 1.54) is 19.3 Å². The Morgan fingerprint density at radius 3 is 2.56 bits per heavy atom. The normalized spacial score (nSPS) is 31.2. The zero-order valence-electron chi connectivity index (χ0n) is 11.1. The molecule has 0 aliphatic heterocycles. The van der Waals surface area contributed by atoms with Crippen LogP contribution in [0.25, 0.3) is 0 Å². The molecule has 4 heteroatoms. The van der Waals surface area contributed by atoms with Crippen LogP contribution in [0.4, 0.5) is 0 Å². The Kier molecular flexibility index (Phi) is 5.01. The van der Waals surface area contributed by atoms with Crippen molar-refractivity contribution in [2.45, 2.75) is 63.5 Å². The highest BCUT2D eigenvalue weighted by Crippen LogP contribution is 2.27. The summed E-state index contributed by atoms with van der Waals surface area (Å²) in [6.45, 7) is 0.412. The molecular weight excluding hydrogens is 228 g/mol. The lowest BCUT2D eigenvalue weighted by molar-refractivity contribution is -0.125. The monoisotopic (exact) mass is 254 g/mol. The van der Waals surface area contributed by atoms with E-state index in [-0.39, 0.29) is 24.0 Å². The van der Waals surface area contributed by atoms with Crippen molar-refractivity contribution < 1.29 is 9.90 Å². The average Bonchev–Trinajstić information content (AvgIpc) is 2.83. The Balaban J connectivity index is 1.68. The standard InChI is InChI=1S/C14H26N2O2/c15-12-7-6-11(8-12)14(18)16-9-13(17)10-4-2-1-3-5-10/h10-13,17H,1-9,15H2,(H,16,18). The Morgan fingerprint density at radius 1 is 1.22 bits per heavy atom. The van der Waals surface area contributed by atoms with E-state index in [0.29, 0.717) is 12.5 Å². The van der Waals surface area contributed by atoms with Crippen molar-refractivity contribution in [2.24, 2.45) is 17.6 Å². The van der Waals surface area contributed by atoms with E-state index in [1.807, 2.05) is 0 Å². The van der Waals surface area contributed by atoms with Gasteiger partial charge in [-0.3, -0.25) is 4.79 Å². The minimum Gasteiger partial charge on any atom is -0.391 e. The largest absolute Gasteiger partial charge is 0.391 e. The van der Waals surface area contributed by atoms with Gasteiger partial charge in [-0.1, -0.05) is 19.3 Å². The summed E-state index contributed by atoms with van der Waals surface area (Å²) in [5.41, 5.74) is 5.81. The van der Waals surface area contributed by atoms with Gasteiger partial charge in [-0.05, 0) is 38.0 Å². The van der Waals surface area contributed by atoms with E-state index < -0.39 is 0 Å². The van der Waals surface area contributed by atoms with Crippen molar-refractivity contribution in [1.82, 2.24) is 5.32 Å². The zero-order chi connectivity index (χ0) is 13.0. The molecule has 0 saturated heterocycles. The number of aliphatic hydroxyl groups is 1. The van der Waals surface area contributed by atoms with Crippen LogP contribution in [0.15, 0.2) is 0 Å². The van der Waals surface area contributed by atoms with E-state index in [0.717, 1.165) is 32.1 Å². The fourth-order valence-electron chi connectivity index (χ4n) is 3.29. The van der Waals surface area contributed by atoms with Crippen molar-refractivity contribution in [3.63, 3.8) is 0 Å². The molecule has 0 radical (unpaired) electrons. The van der Waals surface area contributed by atoms with Crippen molar-refractivity contribution >= 4 is 5.91 Å². The van der Waals surface area contributed by atoms with Crippen LogP contribution in [0.3, 0.4) is 0 Å². The zero-order valence-corrected chi connectivity index (χ0v) is 11.1. The molecule has 0 aromatic carbocycles. The summed E-state index contributed by atoms with van der Waals surface area (Å²) in [4.78, 5) is 11.9. The maximum atomic E-state index is 11.9. The summed E-state index contributed by atoms with van der Waals surface area (Å²) in [7, 11) is 0. The third kappa shape index (κ3) is 3.69. The van der Waals surface area contributed by atoms with Crippen LogP contribution in [-0.4, -0.2) is 29.7 Å². The van der Waals surface area contributed by atoms with E-state index in [2.05, 4.69) is 5.32 Å². The summed E-state index contributed by atoms with van der Waals surface area (Å²) in [5.74, 6) is 0.529. The first-order chi connectivity index (χ1) is 8.66. The Hall–Kier alpha value is -0.610. The van der Waals surface area contributed by atoms with Crippen LogP contribution in [0, 0.1) is 11.8 Å². The summed E-state index contributed by atoms with van der Waals surface area (Å²) < 4.78 is 0. The molecule has 18 heavy (non-hydrogen) atoms. The fraction of sp³-hybridized carbons (Fsp3) is 0.929. The SMILES string of the molecule is NC1CCC(C(=O)NCC(O)C2CCCCC2)C1. The van der Waals surface area contributed by atoms with Crippen molar-refractivity contribution in [3.05, 3.63) is 0 Å². The average molecular weight is 254 g/mol. The molecule has 4 N–H and O–H groups in total. The van der Waals surface area contributed by atoms with Gasteiger partial charge in [0.15, 0.2) is 0 Å². The van der Waals surface area contributed by atoms with Crippen LogP contribution in [0.2, 0.25) is 0 Å². The molecule has 2 rings (SSSR count). The topological polar surface area (TPSA) is 75.4 Å². The second-order valence-corrected chi connectivity index (χ2v) is 5.98. The molecule has 3 unspecified atom stereocenters. The lowest BCUT2D eigenvalue weighted by atomic mass is 9.85. The Bertz CT molecular complexity index is 277. The van der Waals surface area contributed by atoms with Gasteiger partial charge < -0.3 is 16.2 Å². The van der Waals surface area contributed by atoms with E-state index in [4.69, 9.17) is 5.73 Å². The van der Waals surface area contributed by atoms with E-state index in [9.17, 15) is 9.90 Å². The van der Waals surface area contributed by atoms with Gasteiger partial charge in [0.05, 0.1) is 6.10 Å². The number of aliphatic hydroxyl groups excluding tert-OH is 1. The molecule has 3 atom stereocenters. The van der Waals surface area contributed by atoms with Crippen LogP contribution < -0.4 is 11.1 Å². The molecule has 0 spiro atoms. The number of carbonyl (C=O) groups is 1. The molecule has 1 amide bonds. The highest BCUT2D eigenvalue weighted by atomic mass is 16.3. The molecule has 2 aliphatic rings. The molecule has 4 nitrogen and oxygen atoms in total. The molecule has 0 aromatic rings. The number of nitrogens with one attached hydrogen (secondary N) is 1. The van der Waals surface area contributed by atoms with E-state index in [1.54, 1.807) is 0 Å². The Morgan fingerprint density at radius 2 is 1.94 bits per heavy atom. The fourth-order valence-corrected chi connectivity index (χ4v) is 3.29. The molecule has 104 valence electrons. The molecular formula is C14H26N2O2. The number of carbonyl (C=O) groups excluding carboxylic acids is 1. The second kappa shape index (κ2) is 6.53. The number of amides is 1. The molecule has 2 saturated carbocycles. The predicted molar refractivity (Wildman–Crippen MR) is 70.9 cm³/mol. The molecule has 2 fully saturated rings. The van der Waals surface area contributed by atoms with E-state index >= 15 is 0 Å². The lowest BCUT2D eigenvalue weighted by Gasteiger charge is -2.27. The van der Waals surface area contributed by atoms with Crippen LogP contribution >= 0.6 is 0 Å². The van der Waals surface area contributed by atoms with Crippen molar-refractivity contribution in [2.75, 3.05) is 6.54 Å². The summed E-state index contributed by atoms with van der Waals surface area (Å²) >= 11 is 0. The third-order valence-corrected chi connectivity index (χ3v) is 4.52. The number of nitrogens with two attached hydrogens (primary N) is 1. The maximum absolute atomic E-state index is 11.9. The quantitative estimate of drug-likeness (QED) is 0.705. The predicted octanol–water partition coefficient (Wildman–Crippen LogP) is 1.17. The summed E-state index contributed by atoms with van der Waals surface area (Å²) in [6.07, 6.45) is 8.19. The highest BCUT2D eigenvalue weighted by Gasteiger charge is 2.28. The molecule has 0 heterocycles. The summed E-state index contributed by atoms with van der Waals surface area (Å²) in [5, 5.41) is 13.0. The van der Waals surface area contributed by atoms with Crippen molar-refractivity contribution in [1.29, 1.82) is 0 Å². The van der Waals surface area contributed by atoms with Gasteiger partial charge in [0, 0.05) is 18.5 Å². The first-order valence-corrected chi connectivity index (χ1v) is 7.38. The maximum Gasteiger partial charge on any atom is 0.223 e. The first-order valence-electron chi connectivity index (χ1n) is 7.38. The minimum absolute atomic E-state index is 0.0681. The first kappa shape index (κ1) is 13.8. The van der Waals surface area contributed by atoms with Crippen LogP contribution in [-0.2, 0) is 4.79 Å². The Labute approximate surface area is 109 Å². The molecule has 0 aromatic heterocycles. The second-order valence-electron chi connectivity index (χ2n) is 5.98. The molecule has 2 aliphatic carbocycles. The van der Waals surface area contributed by atoms with Crippen molar-refractivity contribution in [3.8, 4) is 0 Å². The van der Waals surface area contributed by atoms with Gasteiger partial charge >= 0.3 is 0 Å². The smallest absolute Gasteiger partial charge is 0.223 e. The van der Waals surface area contributed by atoms with Gasteiger partial charge in [-0.25, -0.2) is 0 Å². The minimum atomic E-state index is -0.371. The van der Waals surface area contributed by atoms with Gasteiger partial charge in [0.2, 0.25) is 5.91 Å². The number of rotatable bonds is 4. The van der Waals surface area contributed by atoms with Gasteiger partial charge in [0.25, 0.3) is 0 Å². The third-order valence-electron chi connectivity index (χ3n) is 4.52. The number of hydrogen-bond donors (Lipinski definition) is 3. The highest BCUT2D eigenvalue weighted by molar-refractivity contribution is 5.79. The summed E-state index contributed by atoms with van der Waals surface area (Å²) in [6, 6.07) is 0.184. The van der Waals surface area contributed by atoms with Gasteiger partial charge in [-0.15, -0.1) is 0 Å². The van der Waals surface area contributed by atoms with Crippen LogP contribution in [0.1, 0.15) is 51.4 Å². The van der Waals surface area contributed by atoms with Gasteiger partial charge in [-0.2, -0.15) is 0 Å². The number of hydrogen-bond acceptors (Lipinski definition) is 3. The van der Waals surface area contributed by atoms with Gasteiger partial charge in [0.1, 0.15) is 0 Å².